The number of rotatable bonds is 3. The summed E-state index contributed by atoms with van der Waals surface area (Å²) >= 11 is 1.66. The van der Waals surface area contributed by atoms with E-state index in [1.165, 1.54) is 25.3 Å². The molecular formula is C13H18FNS. The molecule has 1 aromatic rings. The highest BCUT2D eigenvalue weighted by molar-refractivity contribution is 7.99. The fourth-order valence-corrected chi connectivity index (χ4v) is 3.16. The molecule has 2 rings (SSSR count). The molecular weight excluding hydrogens is 221 g/mol. The Balaban J connectivity index is 1.84. The smallest absolute Gasteiger partial charge is 0.136 e. The first-order chi connectivity index (χ1) is 7.86. The quantitative estimate of drug-likeness (QED) is 0.812. The van der Waals surface area contributed by atoms with Crippen molar-refractivity contribution in [1.29, 1.82) is 0 Å². The summed E-state index contributed by atoms with van der Waals surface area (Å²) in [5.41, 5.74) is 0. The van der Waals surface area contributed by atoms with Gasteiger partial charge in [0.15, 0.2) is 0 Å². The highest BCUT2D eigenvalue weighted by Gasteiger charge is 2.13. The van der Waals surface area contributed by atoms with Crippen molar-refractivity contribution in [2.75, 3.05) is 18.8 Å². The van der Waals surface area contributed by atoms with Crippen LogP contribution in [-0.4, -0.2) is 18.8 Å². The first-order valence-corrected chi connectivity index (χ1v) is 6.93. The van der Waals surface area contributed by atoms with Gasteiger partial charge in [0.25, 0.3) is 0 Å². The molecule has 0 aliphatic carbocycles. The second kappa shape index (κ2) is 6.26. The van der Waals surface area contributed by atoms with Gasteiger partial charge >= 0.3 is 0 Å². The lowest BCUT2D eigenvalue weighted by Gasteiger charge is -2.12. The maximum atomic E-state index is 13.4. The molecule has 16 heavy (non-hydrogen) atoms. The van der Waals surface area contributed by atoms with E-state index in [0.29, 0.717) is 0 Å². The normalized spacial score (nSPS) is 21.7. The largest absolute Gasteiger partial charge is 0.317 e. The van der Waals surface area contributed by atoms with Crippen LogP contribution < -0.4 is 5.32 Å². The van der Waals surface area contributed by atoms with Gasteiger partial charge in [0, 0.05) is 10.6 Å². The van der Waals surface area contributed by atoms with Gasteiger partial charge in [0.2, 0.25) is 0 Å². The Kier molecular flexibility index (Phi) is 4.67. The zero-order chi connectivity index (χ0) is 11.2. The highest BCUT2D eigenvalue weighted by Crippen LogP contribution is 2.26. The number of benzene rings is 1. The van der Waals surface area contributed by atoms with Gasteiger partial charge < -0.3 is 5.32 Å². The van der Waals surface area contributed by atoms with Crippen LogP contribution >= 0.6 is 11.8 Å². The number of hydrogen-bond donors (Lipinski definition) is 1. The lowest BCUT2D eigenvalue weighted by atomic mass is 10.0. The van der Waals surface area contributed by atoms with Gasteiger partial charge in [-0.15, -0.1) is 11.8 Å². The third-order valence-electron chi connectivity index (χ3n) is 3.01. The van der Waals surface area contributed by atoms with Crippen LogP contribution in [-0.2, 0) is 0 Å². The van der Waals surface area contributed by atoms with Crippen LogP contribution in [0, 0.1) is 11.7 Å². The van der Waals surface area contributed by atoms with Crippen molar-refractivity contribution in [3.63, 3.8) is 0 Å². The average molecular weight is 239 g/mol. The van der Waals surface area contributed by atoms with Crippen LogP contribution in [0.1, 0.15) is 19.3 Å². The summed E-state index contributed by atoms with van der Waals surface area (Å²) in [4.78, 5) is 0.791. The zero-order valence-corrected chi connectivity index (χ0v) is 10.2. The van der Waals surface area contributed by atoms with Crippen LogP contribution in [0.2, 0.25) is 0 Å². The maximum Gasteiger partial charge on any atom is 0.136 e. The monoisotopic (exact) mass is 239 g/mol. The first kappa shape index (κ1) is 11.9. The SMILES string of the molecule is Fc1ccccc1SCC1CCCNCC1. The molecule has 1 nitrogen and oxygen atoms in total. The standard InChI is InChI=1S/C13H18FNS/c14-12-5-1-2-6-13(12)16-10-11-4-3-8-15-9-7-11/h1-2,5-6,11,15H,3-4,7-10H2. The maximum absolute atomic E-state index is 13.4. The van der Waals surface area contributed by atoms with E-state index in [1.807, 2.05) is 12.1 Å². The molecule has 0 saturated carbocycles. The van der Waals surface area contributed by atoms with Gasteiger partial charge in [-0.1, -0.05) is 12.1 Å². The molecule has 88 valence electrons. The molecule has 1 aromatic carbocycles. The Morgan fingerprint density at radius 2 is 2.12 bits per heavy atom. The molecule has 1 aliphatic heterocycles. The molecule has 1 atom stereocenters. The summed E-state index contributed by atoms with van der Waals surface area (Å²) < 4.78 is 13.4. The van der Waals surface area contributed by atoms with E-state index in [1.54, 1.807) is 17.8 Å². The van der Waals surface area contributed by atoms with E-state index in [9.17, 15) is 4.39 Å². The molecule has 0 amide bonds. The van der Waals surface area contributed by atoms with Crippen molar-refractivity contribution < 1.29 is 4.39 Å². The minimum Gasteiger partial charge on any atom is -0.317 e. The molecule has 0 aromatic heterocycles. The van der Waals surface area contributed by atoms with E-state index < -0.39 is 0 Å². The van der Waals surface area contributed by atoms with E-state index in [-0.39, 0.29) is 5.82 Å². The Morgan fingerprint density at radius 1 is 1.25 bits per heavy atom. The number of nitrogens with one attached hydrogen (secondary N) is 1. The summed E-state index contributed by atoms with van der Waals surface area (Å²) in [7, 11) is 0. The van der Waals surface area contributed by atoms with Crippen molar-refractivity contribution in [1.82, 2.24) is 5.32 Å². The van der Waals surface area contributed by atoms with Crippen LogP contribution in [0.4, 0.5) is 4.39 Å². The molecule has 1 saturated heterocycles. The number of thioether (sulfide) groups is 1. The van der Waals surface area contributed by atoms with E-state index in [4.69, 9.17) is 0 Å². The molecule has 1 unspecified atom stereocenters. The summed E-state index contributed by atoms with van der Waals surface area (Å²) in [5.74, 6) is 1.70. The Hall–Kier alpha value is -0.540. The second-order valence-corrected chi connectivity index (χ2v) is 5.35. The molecule has 0 spiro atoms. The van der Waals surface area contributed by atoms with Crippen LogP contribution in [0.25, 0.3) is 0 Å². The Morgan fingerprint density at radius 3 is 3.00 bits per heavy atom. The highest BCUT2D eigenvalue weighted by atomic mass is 32.2. The van der Waals surface area contributed by atoms with E-state index in [0.717, 1.165) is 29.7 Å². The lowest BCUT2D eigenvalue weighted by Crippen LogP contribution is -2.14. The van der Waals surface area contributed by atoms with Crippen LogP contribution in [0.3, 0.4) is 0 Å². The molecule has 0 radical (unpaired) electrons. The first-order valence-electron chi connectivity index (χ1n) is 5.94. The van der Waals surface area contributed by atoms with Crippen molar-refractivity contribution in [2.24, 2.45) is 5.92 Å². The van der Waals surface area contributed by atoms with Gasteiger partial charge in [0.1, 0.15) is 5.82 Å². The second-order valence-electron chi connectivity index (χ2n) is 4.29. The summed E-state index contributed by atoms with van der Waals surface area (Å²) in [5, 5.41) is 3.40. The van der Waals surface area contributed by atoms with Gasteiger partial charge in [-0.05, 0) is 50.4 Å². The summed E-state index contributed by atoms with van der Waals surface area (Å²) in [6, 6.07) is 7.06. The van der Waals surface area contributed by atoms with Crippen LogP contribution in [0.5, 0.6) is 0 Å². The average Bonchev–Trinajstić information content (AvgIpc) is 2.56. The molecule has 0 bridgehead atoms. The van der Waals surface area contributed by atoms with Crippen molar-refractivity contribution in [3.05, 3.63) is 30.1 Å². The minimum absolute atomic E-state index is 0.0840. The Labute approximate surface area is 101 Å². The number of hydrogen-bond acceptors (Lipinski definition) is 2. The van der Waals surface area contributed by atoms with Crippen molar-refractivity contribution in [3.8, 4) is 0 Å². The van der Waals surface area contributed by atoms with Crippen LogP contribution in [0.15, 0.2) is 29.2 Å². The van der Waals surface area contributed by atoms with Gasteiger partial charge in [0.05, 0.1) is 0 Å². The topological polar surface area (TPSA) is 12.0 Å². The van der Waals surface area contributed by atoms with E-state index in [2.05, 4.69) is 5.32 Å². The summed E-state index contributed by atoms with van der Waals surface area (Å²) in [6.07, 6.45) is 3.75. The molecule has 3 heteroatoms. The van der Waals surface area contributed by atoms with Gasteiger partial charge in [-0.2, -0.15) is 0 Å². The predicted molar refractivity (Wildman–Crippen MR) is 67.3 cm³/mol. The molecule has 1 N–H and O–H groups in total. The van der Waals surface area contributed by atoms with E-state index >= 15 is 0 Å². The molecule has 1 heterocycles. The molecule has 1 fully saturated rings. The van der Waals surface area contributed by atoms with Gasteiger partial charge in [-0.25, -0.2) is 4.39 Å². The van der Waals surface area contributed by atoms with Gasteiger partial charge in [-0.3, -0.25) is 0 Å². The minimum atomic E-state index is -0.0840. The zero-order valence-electron chi connectivity index (χ0n) is 9.42. The fourth-order valence-electron chi connectivity index (χ4n) is 2.03. The molecule has 1 aliphatic rings. The summed E-state index contributed by atoms with van der Waals surface area (Å²) in [6.45, 7) is 2.25. The Bertz CT molecular complexity index is 321. The third kappa shape index (κ3) is 3.49. The predicted octanol–water partition coefficient (Wildman–Crippen LogP) is 3.31. The lowest BCUT2D eigenvalue weighted by molar-refractivity contribution is 0.527. The van der Waals surface area contributed by atoms with Crippen molar-refractivity contribution >= 4 is 11.8 Å². The fraction of sp³-hybridized carbons (Fsp3) is 0.538. The third-order valence-corrected chi connectivity index (χ3v) is 4.29. The van der Waals surface area contributed by atoms with Crippen molar-refractivity contribution in [2.45, 2.75) is 24.2 Å². The number of halogens is 1.